The van der Waals surface area contributed by atoms with Gasteiger partial charge in [0.15, 0.2) is 0 Å². The van der Waals surface area contributed by atoms with E-state index in [2.05, 4.69) is 24.1 Å². The molecule has 1 amide bonds. The van der Waals surface area contributed by atoms with Crippen molar-refractivity contribution in [1.29, 1.82) is 0 Å². The van der Waals surface area contributed by atoms with Gasteiger partial charge in [-0.15, -0.1) is 0 Å². The molecule has 1 aromatic rings. The lowest BCUT2D eigenvalue weighted by Crippen LogP contribution is -2.41. The number of benzene rings is 1. The van der Waals surface area contributed by atoms with E-state index in [1.54, 1.807) is 7.11 Å². The molecule has 1 N–H and O–H groups in total. The number of methoxy groups -OCH3 is 1. The Morgan fingerprint density at radius 3 is 2.86 bits per heavy atom. The van der Waals surface area contributed by atoms with Gasteiger partial charge >= 0.3 is 0 Å². The summed E-state index contributed by atoms with van der Waals surface area (Å²) >= 11 is 0. The minimum Gasteiger partial charge on any atom is -0.497 e. The van der Waals surface area contributed by atoms with Crippen molar-refractivity contribution in [2.24, 2.45) is 5.92 Å². The van der Waals surface area contributed by atoms with Crippen LogP contribution in [0.2, 0.25) is 0 Å². The average Bonchev–Trinajstić information content (AvgIpc) is 2.57. The normalized spacial score (nSPS) is 16.8. The molecule has 0 saturated carbocycles. The molecule has 0 spiro atoms. The smallest absolute Gasteiger partial charge is 0.226 e. The molecular formula is C17H26N2O3. The van der Waals surface area contributed by atoms with Crippen molar-refractivity contribution in [3.8, 4) is 11.5 Å². The molecule has 22 heavy (non-hydrogen) atoms. The second-order valence-electron chi connectivity index (χ2n) is 5.50. The van der Waals surface area contributed by atoms with Crippen LogP contribution in [-0.4, -0.2) is 50.7 Å². The quantitative estimate of drug-likeness (QED) is 0.833. The van der Waals surface area contributed by atoms with Crippen LogP contribution < -0.4 is 14.8 Å². The van der Waals surface area contributed by atoms with Gasteiger partial charge in [-0.1, -0.05) is 13.8 Å². The van der Waals surface area contributed by atoms with Gasteiger partial charge in [0.05, 0.1) is 13.0 Å². The van der Waals surface area contributed by atoms with Crippen molar-refractivity contribution < 1.29 is 14.3 Å². The van der Waals surface area contributed by atoms with Crippen LogP contribution in [-0.2, 0) is 11.2 Å². The number of carbonyl (C=O) groups excluding carboxylic acids is 1. The highest BCUT2D eigenvalue weighted by molar-refractivity contribution is 5.79. The first kappa shape index (κ1) is 16.6. The summed E-state index contributed by atoms with van der Waals surface area (Å²) in [6, 6.07) is 5.73. The first-order valence-corrected chi connectivity index (χ1v) is 7.97. The average molecular weight is 306 g/mol. The van der Waals surface area contributed by atoms with Gasteiger partial charge in [0.25, 0.3) is 0 Å². The van der Waals surface area contributed by atoms with Crippen molar-refractivity contribution >= 4 is 5.91 Å². The second-order valence-corrected chi connectivity index (χ2v) is 5.50. The van der Waals surface area contributed by atoms with Crippen LogP contribution in [0.15, 0.2) is 18.2 Å². The monoisotopic (exact) mass is 306 g/mol. The zero-order valence-electron chi connectivity index (χ0n) is 13.7. The third-order valence-electron chi connectivity index (χ3n) is 4.17. The first-order valence-electron chi connectivity index (χ1n) is 7.97. The predicted molar refractivity (Wildman–Crippen MR) is 86.5 cm³/mol. The van der Waals surface area contributed by atoms with Gasteiger partial charge in [0.2, 0.25) is 5.91 Å². The standard InChI is InChI=1S/C17H26N2O3/c1-4-19(5-2)9-8-18-17(20)14-10-13-11-15(21-3)6-7-16(13)22-12-14/h6-7,11,14H,4-5,8-10,12H2,1-3H3,(H,18,20). The lowest BCUT2D eigenvalue weighted by Gasteiger charge is -2.25. The highest BCUT2D eigenvalue weighted by Gasteiger charge is 2.26. The molecule has 122 valence electrons. The van der Waals surface area contributed by atoms with E-state index >= 15 is 0 Å². The second kappa shape index (κ2) is 8.03. The molecule has 5 nitrogen and oxygen atoms in total. The van der Waals surface area contributed by atoms with Crippen LogP contribution in [0, 0.1) is 5.92 Å². The Morgan fingerprint density at radius 2 is 2.18 bits per heavy atom. The van der Waals surface area contributed by atoms with Gasteiger partial charge in [-0.25, -0.2) is 0 Å². The Labute approximate surface area is 132 Å². The molecule has 0 aliphatic carbocycles. The van der Waals surface area contributed by atoms with Crippen LogP contribution in [0.3, 0.4) is 0 Å². The molecule has 1 aromatic carbocycles. The maximum atomic E-state index is 12.3. The lowest BCUT2D eigenvalue weighted by atomic mass is 9.96. The molecule has 0 aromatic heterocycles. The third kappa shape index (κ3) is 4.13. The molecule has 5 heteroatoms. The minimum absolute atomic E-state index is 0.0700. The molecule has 0 saturated heterocycles. The fraction of sp³-hybridized carbons (Fsp3) is 0.588. The Hall–Kier alpha value is -1.75. The van der Waals surface area contributed by atoms with Crippen molar-refractivity contribution in [2.75, 3.05) is 39.9 Å². The molecule has 0 bridgehead atoms. The molecule has 1 aliphatic heterocycles. The molecular weight excluding hydrogens is 280 g/mol. The predicted octanol–water partition coefficient (Wildman–Crippen LogP) is 1.70. The van der Waals surface area contributed by atoms with Gasteiger partial charge in [-0.05, 0) is 43.3 Å². The summed E-state index contributed by atoms with van der Waals surface area (Å²) in [5.74, 6) is 1.59. The van der Waals surface area contributed by atoms with Gasteiger partial charge in [-0.3, -0.25) is 4.79 Å². The number of fused-ring (bicyclic) bond motifs is 1. The molecule has 1 aliphatic rings. The Morgan fingerprint density at radius 1 is 1.41 bits per heavy atom. The van der Waals surface area contributed by atoms with Gasteiger partial charge in [0.1, 0.15) is 18.1 Å². The highest BCUT2D eigenvalue weighted by Crippen LogP contribution is 2.30. The largest absolute Gasteiger partial charge is 0.497 e. The van der Waals surface area contributed by atoms with E-state index in [1.807, 2.05) is 18.2 Å². The highest BCUT2D eigenvalue weighted by atomic mass is 16.5. The number of hydrogen-bond acceptors (Lipinski definition) is 4. The number of nitrogens with one attached hydrogen (secondary N) is 1. The van der Waals surface area contributed by atoms with Gasteiger partial charge in [-0.2, -0.15) is 0 Å². The van der Waals surface area contributed by atoms with Crippen LogP contribution in [0.4, 0.5) is 0 Å². The van der Waals surface area contributed by atoms with Gasteiger partial charge in [0, 0.05) is 13.1 Å². The van der Waals surface area contributed by atoms with Crippen LogP contribution in [0.25, 0.3) is 0 Å². The van der Waals surface area contributed by atoms with E-state index in [0.717, 1.165) is 36.7 Å². The van der Waals surface area contributed by atoms with E-state index in [-0.39, 0.29) is 11.8 Å². The van der Waals surface area contributed by atoms with Gasteiger partial charge < -0.3 is 19.7 Å². The third-order valence-corrected chi connectivity index (χ3v) is 4.17. The summed E-state index contributed by atoms with van der Waals surface area (Å²) in [7, 11) is 1.64. The lowest BCUT2D eigenvalue weighted by molar-refractivity contribution is -0.126. The Balaban J connectivity index is 1.87. The van der Waals surface area contributed by atoms with Crippen LogP contribution in [0.5, 0.6) is 11.5 Å². The van der Waals surface area contributed by atoms with Crippen molar-refractivity contribution in [3.63, 3.8) is 0 Å². The van der Waals surface area contributed by atoms with E-state index < -0.39 is 0 Å². The number of rotatable bonds is 7. The molecule has 1 heterocycles. The topological polar surface area (TPSA) is 50.8 Å². The molecule has 0 fully saturated rings. The van der Waals surface area contributed by atoms with E-state index in [0.29, 0.717) is 19.6 Å². The molecule has 2 rings (SSSR count). The number of ether oxygens (including phenoxy) is 2. The fourth-order valence-corrected chi connectivity index (χ4v) is 2.69. The summed E-state index contributed by atoms with van der Waals surface area (Å²) in [5, 5.41) is 3.02. The number of hydrogen-bond donors (Lipinski definition) is 1. The summed E-state index contributed by atoms with van der Waals surface area (Å²) in [6.45, 7) is 8.28. The molecule has 0 radical (unpaired) electrons. The van der Waals surface area contributed by atoms with Crippen molar-refractivity contribution in [1.82, 2.24) is 10.2 Å². The van der Waals surface area contributed by atoms with Crippen LogP contribution in [0.1, 0.15) is 19.4 Å². The van der Waals surface area contributed by atoms with Crippen molar-refractivity contribution in [2.45, 2.75) is 20.3 Å². The number of carbonyl (C=O) groups is 1. The van der Waals surface area contributed by atoms with E-state index in [1.165, 1.54) is 0 Å². The number of amides is 1. The maximum absolute atomic E-state index is 12.3. The molecule has 1 unspecified atom stereocenters. The SMILES string of the molecule is CCN(CC)CCNC(=O)C1COc2ccc(OC)cc2C1. The maximum Gasteiger partial charge on any atom is 0.226 e. The summed E-state index contributed by atoms with van der Waals surface area (Å²) < 4.78 is 10.9. The van der Waals surface area contributed by atoms with E-state index in [4.69, 9.17) is 9.47 Å². The van der Waals surface area contributed by atoms with Crippen LogP contribution >= 0.6 is 0 Å². The van der Waals surface area contributed by atoms with Crippen molar-refractivity contribution in [3.05, 3.63) is 23.8 Å². The minimum atomic E-state index is -0.128. The van der Waals surface area contributed by atoms with E-state index in [9.17, 15) is 4.79 Å². The zero-order valence-corrected chi connectivity index (χ0v) is 13.7. The number of likely N-dealkylation sites (N-methyl/N-ethyl adjacent to an activating group) is 1. The fourth-order valence-electron chi connectivity index (χ4n) is 2.69. The molecule has 1 atom stereocenters. The summed E-state index contributed by atoms with van der Waals surface area (Å²) in [4.78, 5) is 14.6. The Kier molecular flexibility index (Phi) is 6.07. The summed E-state index contributed by atoms with van der Waals surface area (Å²) in [5.41, 5.74) is 1.04. The summed E-state index contributed by atoms with van der Waals surface area (Å²) in [6.07, 6.45) is 0.698. The first-order chi connectivity index (χ1) is 10.7. The Bertz CT molecular complexity index is 501. The zero-order chi connectivity index (χ0) is 15.9. The number of nitrogens with zero attached hydrogens (tertiary/aromatic N) is 1.